The molecule has 21 heavy (non-hydrogen) atoms. The number of carbonyl (C=O) groups is 1. The predicted molar refractivity (Wildman–Crippen MR) is 78.2 cm³/mol. The van der Waals surface area contributed by atoms with E-state index in [0.717, 1.165) is 23.5 Å². The van der Waals surface area contributed by atoms with Gasteiger partial charge in [0.15, 0.2) is 0 Å². The lowest BCUT2D eigenvalue weighted by Gasteiger charge is -2.12. The van der Waals surface area contributed by atoms with Gasteiger partial charge in [-0.3, -0.25) is 4.72 Å². The molecule has 0 atom stereocenters. The first-order valence-corrected chi connectivity index (χ1v) is 8.20. The molecular formula is C12H9ClFNO4S2. The summed E-state index contributed by atoms with van der Waals surface area (Å²) in [6, 6.07) is 4.52. The minimum absolute atomic E-state index is 0.0624. The zero-order valence-corrected chi connectivity index (χ0v) is 12.9. The van der Waals surface area contributed by atoms with E-state index >= 15 is 0 Å². The van der Waals surface area contributed by atoms with Crippen LogP contribution in [0.15, 0.2) is 28.5 Å². The molecule has 0 aliphatic heterocycles. The molecule has 2 rings (SSSR count). The molecule has 0 aliphatic carbocycles. The van der Waals surface area contributed by atoms with E-state index < -0.39 is 27.4 Å². The maximum absolute atomic E-state index is 13.3. The number of nitrogens with one attached hydrogen (secondary N) is 1. The lowest BCUT2D eigenvalue weighted by atomic mass is 10.1. The monoisotopic (exact) mass is 349 g/mol. The molecule has 112 valence electrons. The molecule has 0 unspecified atom stereocenters. The van der Waals surface area contributed by atoms with Gasteiger partial charge in [-0.1, -0.05) is 11.6 Å². The molecule has 0 saturated carbocycles. The molecule has 5 nitrogen and oxygen atoms in total. The minimum Gasteiger partial charge on any atom is -0.478 e. The summed E-state index contributed by atoms with van der Waals surface area (Å²) in [5.74, 6) is -2.19. The van der Waals surface area contributed by atoms with Gasteiger partial charge in [0, 0.05) is 0 Å². The summed E-state index contributed by atoms with van der Waals surface area (Å²) in [6.07, 6.45) is 0. The van der Waals surface area contributed by atoms with Gasteiger partial charge in [0.25, 0.3) is 10.0 Å². The number of hydrogen-bond acceptors (Lipinski definition) is 4. The number of benzene rings is 1. The predicted octanol–water partition coefficient (Wildman–Crippen LogP) is 3.35. The van der Waals surface area contributed by atoms with Crippen LogP contribution in [0.3, 0.4) is 0 Å². The standard InChI is InChI=1S/C12H9ClFNO4S2/c1-6-4-7(14)5-8(12(16)17)11(6)15-21(18,19)10-3-2-9(13)20-10/h2-5,15H,1H3,(H,16,17). The second-order valence-electron chi connectivity index (χ2n) is 4.11. The molecule has 1 heterocycles. The Bertz CT molecular complexity index is 817. The van der Waals surface area contributed by atoms with Crippen LogP contribution in [0.4, 0.5) is 10.1 Å². The number of anilines is 1. The fraction of sp³-hybridized carbons (Fsp3) is 0.0833. The number of halogens is 2. The van der Waals surface area contributed by atoms with Gasteiger partial charge >= 0.3 is 5.97 Å². The van der Waals surface area contributed by atoms with E-state index in [9.17, 15) is 17.6 Å². The normalized spacial score (nSPS) is 11.4. The number of hydrogen-bond donors (Lipinski definition) is 2. The molecule has 0 amide bonds. The van der Waals surface area contributed by atoms with Crippen LogP contribution >= 0.6 is 22.9 Å². The average molecular weight is 350 g/mol. The van der Waals surface area contributed by atoms with Gasteiger partial charge in [0.2, 0.25) is 0 Å². The highest BCUT2D eigenvalue weighted by molar-refractivity contribution is 7.94. The first-order chi connectivity index (χ1) is 9.70. The van der Waals surface area contributed by atoms with Crippen molar-refractivity contribution in [3.63, 3.8) is 0 Å². The van der Waals surface area contributed by atoms with Crippen LogP contribution < -0.4 is 4.72 Å². The Hall–Kier alpha value is -1.64. The molecule has 0 radical (unpaired) electrons. The van der Waals surface area contributed by atoms with E-state index in [1.165, 1.54) is 19.1 Å². The second-order valence-corrected chi connectivity index (χ2v) is 7.74. The van der Waals surface area contributed by atoms with Crippen molar-refractivity contribution in [3.05, 3.63) is 45.5 Å². The van der Waals surface area contributed by atoms with Crippen LogP contribution in [0, 0.1) is 12.7 Å². The summed E-state index contributed by atoms with van der Waals surface area (Å²) in [6.45, 7) is 1.41. The van der Waals surface area contributed by atoms with E-state index in [4.69, 9.17) is 16.7 Å². The SMILES string of the molecule is Cc1cc(F)cc(C(=O)O)c1NS(=O)(=O)c1ccc(Cl)s1. The third-order valence-corrected chi connectivity index (χ3v) is 5.65. The average Bonchev–Trinajstić information content (AvgIpc) is 2.79. The molecule has 0 saturated heterocycles. The Labute approximate surface area is 129 Å². The molecule has 1 aromatic heterocycles. The van der Waals surface area contributed by atoms with E-state index in [-0.39, 0.29) is 19.8 Å². The highest BCUT2D eigenvalue weighted by atomic mass is 35.5. The van der Waals surface area contributed by atoms with Crippen LogP contribution in [-0.2, 0) is 10.0 Å². The second kappa shape index (κ2) is 5.63. The third-order valence-electron chi connectivity index (χ3n) is 2.58. The molecule has 2 N–H and O–H groups in total. The zero-order chi connectivity index (χ0) is 15.8. The van der Waals surface area contributed by atoms with E-state index in [0.29, 0.717) is 0 Å². The molecule has 9 heteroatoms. The number of thiophene rings is 1. The van der Waals surface area contributed by atoms with Crippen LogP contribution in [0.2, 0.25) is 4.34 Å². The molecule has 1 aromatic carbocycles. The van der Waals surface area contributed by atoms with Crippen molar-refractivity contribution in [3.8, 4) is 0 Å². The van der Waals surface area contributed by atoms with Crippen molar-refractivity contribution < 1.29 is 22.7 Å². The molecule has 0 bridgehead atoms. The van der Waals surface area contributed by atoms with Gasteiger partial charge in [-0.25, -0.2) is 17.6 Å². The van der Waals surface area contributed by atoms with E-state index in [1.54, 1.807) is 0 Å². The van der Waals surface area contributed by atoms with Gasteiger partial charge < -0.3 is 5.11 Å². The summed E-state index contributed by atoms with van der Waals surface area (Å²) < 4.78 is 40.0. The number of carboxylic acid groups (broad SMARTS) is 1. The largest absolute Gasteiger partial charge is 0.478 e. The van der Waals surface area contributed by atoms with Crippen molar-refractivity contribution in [1.82, 2.24) is 0 Å². The highest BCUT2D eigenvalue weighted by Gasteiger charge is 2.22. The van der Waals surface area contributed by atoms with E-state index in [2.05, 4.69) is 4.72 Å². The molecule has 0 spiro atoms. The first kappa shape index (κ1) is 15.7. The van der Waals surface area contributed by atoms with Crippen molar-refractivity contribution in [2.75, 3.05) is 4.72 Å². The van der Waals surface area contributed by atoms with Crippen molar-refractivity contribution in [2.24, 2.45) is 0 Å². The lowest BCUT2D eigenvalue weighted by Crippen LogP contribution is -2.16. The van der Waals surface area contributed by atoms with E-state index in [1.807, 2.05) is 0 Å². The number of sulfonamides is 1. The number of aryl methyl sites for hydroxylation is 1. The molecule has 0 aliphatic rings. The topological polar surface area (TPSA) is 83.5 Å². The summed E-state index contributed by atoms with van der Waals surface area (Å²) >= 11 is 6.52. The van der Waals surface area contributed by atoms with Gasteiger partial charge in [-0.15, -0.1) is 11.3 Å². The van der Waals surface area contributed by atoms with Gasteiger partial charge in [0.05, 0.1) is 15.6 Å². The maximum Gasteiger partial charge on any atom is 0.337 e. The number of rotatable bonds is 4. The Morgan fingerprint density at radius 1 is 1.38 bits per heavy atom. The van der Waals surface area contributed by atoms with Crippen molar-refractivity contribution in [2.45, 2.75) is 11.1 Å². The fourth-order valence-corrected chi connectivity index (χ4v) is 4.31. The Morgan fingerprint density at radius 2 is 2.05 bits per heavy atom. The smallest absolute Gasteiger partial charge is 0.337 e. The maximum atomic E-state index is 13.3. The quantitative estimate of drug-likeness (QED) is 0.886. The van der Waals surface area contributed by atoms with Crippen molar-refractivity contribution >= 4 is 44.6 Å². The van der Waals surface area contributed by atoms with Gasteiger partial charge in [-0.2, -0.15) is 0 Å². The van der Waals surface area contributed by atoms with Crippen LogP contribution in [0.1, 0.15) is 15.9 Å². The summed E-state index contributed by atoms with van der Waals surface area (Å²) in [7, 11) is -3.99. The van der Waals surface area contributed by atoms with Crippen LogP contribution in [-0.4, -0.2) is 19.5 Å². The van der Waals surface area contributed by atoms with Crippen LogP contribution in [0.25, 0.3) is 0 Å². The summed E-state index contributed by atoms with van der Waals surface area (Å²) in [4.78, 5) is 11.1. The third kappa shape index (κ3) is 3.34. The fourth-order valence-electron chi connectivity index (χ4n) is 1.67. The molecule has 2 aromatic rings. The molecule has 0 fully saturated rings. The van der Waals surface area contributed by atoms with Crippen LogP contribution in [0.5, 0.6) is 0 Å². The Balaban J connectivity index is 2.51. The highest BCUT2D eigenvalue weighted by Crippen LogP contribution is 2.30. The molecular weight excluding hydrogens is 341 g/mol. The Kier molecular flexibility index (Phi) is 4.22. The summed E-state index contributed by atoms with van der Waals surface area (Å²) in [5.41, 5.74) is -0.467. The van der Waals surface area contributed by atoms with Gasteiger partial charge in [0.1, 0.15) is 10.0 Å². The minimum atomic E-state index is -3.99. The van der Waals surface area contributed by atoms with Gasteiger partial charge in [-0.05, 0) is 36.8 Å². The summed E-state index contributed by atoms with van der Waals surface area (Å²) in [5, 5.41) is 9.07. The Morgan fingerprint density at radius 3 is 2.57 bits per heavy atom. The number of aromatic carboxylic acids is 1. The van der Waals surface area contributed by atoms with Crippen molar-refractivity contribution in [1.29, 1.82) is 0 Å². The number of carboxylic acids is 1. The first-order valence-electron chi connectivity index (χ1n) is 5.52. The lowest BCUT2D eigenvalue weighted by molar-refractivity contribution is 0.0697. The zero-order valence-electron chi connectivity index (χ0n) is 10.6.